The molecule has 0 spiro atoms. The zero-order valence-electron chi connectivity index (χ0n) is 16.1. The van der Waals surface area contributed by atoms with Crippen molar-refractivity contribution in [1.82, 2.24) is 24.9 Å². The van der Waals surface area contributed by atoms with Crippen LogP contribution in [-0.4, -0.2) is 47.8 Å². The van der Waals surface area contributed by atoms with Crippen LogP contribution in [0, 0.1) is 0 Å². The lowest BCUT2D eigenvalue weighted by molar-refractivity contribution is -0.141. The molecule has 8 nitrogen and oxygen atoms in total. The fraction of sp³-hybridized carbons (Fsp3) is 0.353. The normalized spacial score (nSPS) is 12.5. The van der Waals surface area contributed by atoms with Gasteiger partial charge in [0, 0.05) is 21.1 Å². The van der Waals surface area contributed by atoms with Crippen LogP contribution in [0.3, 0.4) is 0 Å². The molecular formula is C17H19F3N6O2S. The number of halogens is 3. The highest BCUT2D eigenvalue weighted by molar-refractivity contribution is 7.91. The van der Waals surface area contributed by atoms with E-state index in [-0.39, 0.29) is 27.7 Å². The van der Waals surface area contributed by atoms with Crippen molar-refractivity contribution in [2.75, 3.05) is 24.9 Å². The highest BCUT2D eigenvalue weighted by atomic mass is 32.2. The van der Waals surface area contributed by atoms with E-state index in [4.69, 9.17) is 0 Å². The van der Waals surface area contributed by atoms with E-state index < -0.39 is 21.7 Å². The third kappa shape index (κ3) is 3.77. The largest absolute Gasteiger partial charge is 0.433 e. The van der Waals surface area contributed by atoms with Gasteiger partial charge in [-0.1, -0.05) is 6.92 Å². The van der Waals surface area contributed by atoms with Gasteiger partial charge in [0.1, 0.15) is 17.2 Å². The molecule has 12 heteroatoms. The van der Waals surface area contributed by atoms with Gasteiger partial charge in [0.2, 0.25) is 0 Å². The molecule has 3 rings (SSSR count). The molecule has 0 aliphatic heterocycles. The molecular weight excluding hydrogens is 409 g/mol. The number of fused-ring (bicyclic) bond motifs is 1. The van der Waals surface area contributed by atoms with Gasteiger partial charge in [0.25, 0.3) is 0 Å². The van der Waals surface area contributed by atoms with E-state index in [1.165, 1.54) is 23.6 Å². The van der Waals surface area contributed by atoms with Gasteiger partial charge in [-0.25, -0.2) is 28.8 Å². The van der Waals surface area contributed by atoms with Crippen molar-refractivity contribution in [3.8, 4) is 11.5 Å². The molecule has 0 atom stereocenters. The predicted octanol–water partition coefficient (Wildman–Crippen LogP) is 2.41. The van der Waals surface area contributed by atoms with Crippen molar-refractivity contribution in [2.24, 2.45) is 7.05 Å². The maximum atomic E-state index is 13.0. The Morgan fingerprint density at radius 1 is 1.24 bits per heavy atom. The van der Waals surface area contributed by atoms with Crippen LogP contribution in [0.15, 0.2) is 29.3 Å². The van der Waals surface area contributed by atoms with E-state index >= 15 is 0 Å². The third-order valence-electron chi connectivity index (χ3n) is 4.51. The zero-order chi connectivity index (χ0) is 21.6. The van der Waals surface area contributed by atoms with Crippen LogP contribution in [0.25, 0.3) is 22.6 Å². The van der Waals surface area contributed by atoms with Gasteiger partial charge in [-0.2, -0.15) is 13.2 Å². The fourth-order valence-electron chi connectivity index (χ4n) is 2.76. The Balaban J connectivity index is 2.30. The summed E-state index contributed by atoms with van der Waals surface area (Å²) in [6.45, 7) is 1.50. The molecule has 0 aliphatic carbocycles. The summed E-state index contributed by atoms with van der Waals surface area (Å²) < 4.78 is 65.6. The number of imidazole rings is 1. The first kappa shape index (κ1) is 21.0. The number of hydrogen-bond donors (Lipinski definition) is 1. The molecule has 0 saturated heterocycles. The van der Waals surface area contributed by atoms with E-state index in [2.05, 4.69) is 20.4 Å². The topological polar surface area (TPSA) is 93.0 Å². The molecule has 1 N–H and O–H groups in total. The minimum Gasteiger partial charge on any atom is -0.324 e. The maximum Gasteiger partial charge on any atom is 0.433 e. The molecule has 0 radical (unpaired) electrons. The highest BCUT2D eigenvalue weighted by Crippen LogP contribution is 2.33. The Labute approximate surface area is 165 Å². The second-order valence-corrected chi connectivity index (χ2v) is 8.50. The fourth-order valence-corrected chi connectivity index (χ4v) is 3.78. The second-order valence-electron chi connectivity index (χ2n) is 6.25. The molecule has 0 fully saturated rings. The SMILES string of the molecule is CCS(=O)(=O)c1ccc(N(C)NC)nc1-c1nc2cc(C(F)(F)F)ncc2n1C. The van der Waals surface area contributed by atoms with Crippen molar-refractivity contribution in [3.63, 3.8) is 0 Å². The van der Waals surface area contributed by atoms with Gasteiger partial charge in [0.05, 0.1) is 27.9 Å². The summed E-state index contributed by atoms with van der Waals surface area (Å²) in [6, 6.07) is 3.79. The Morgan fingerprint density at radius 2 is 1.93 bits per heavy atom. The smallest absolute Gasteiger partial charge is 0.324 e. The number of hydrazine groups is 1. The summed E-state index contributed by atoms with van der Waals surface area (Å²) in [7, 11) is 1.26. The monoisotopic (exact) mass is 428 g/mol. The van der Waals surface area contributed by atoms with Gasteiger partial charge >= 0.3 is 6.18 Å². The number of rotatable bonds is 5. The lowest BCUT2D eigenvalue weighted by atomic mass is 10.3. The summed E-state index contributed by atoms with van der Waals surface area (Å²) in [4.78, 5) is 12.1. The van der Waals surface area contributed by atoms with E-state index in [0.29, 0.717) is 11.3 Å². The molecule has 29 heavy (non-hydrogen) atoms. The van der Waals surface area contributed by atoms with Gasteiger partial charge in [0.15, 0.2) is 15.7 Å². The lowest BCUT2D eigenvalue weighted by Crippen LogP contribution is -2.31. The van der Waals surface area contributed by atoms with Crippen LogP contribution in [0.5, 0.6) is 0 Å². The molecule has 0 amide bonds. The van der Waals surface area contributed by atoms with Gasteiger partial charge in [-0.05, 0) is 18.2 Å². The minimum absolute atomic E-state index is 0.0406. The molecule has 0 bridgehead atoms. The number of nitrogens with one attached hydrogen (secondary N) is 1. The van der Waals surface area contributed by atoms with Crippen LogP contribution >= 0.6 is 0 Å². The minimum atomic E-state index is -4.61. The van der Waals surface area contributed by atoms with Crippen LogP contribution in [0.2, 0.25) is 0 Å². The number of anilines is 1. The maximum absolute atomic E-state index is 13.0. The number of nitrogens with zero attached hydrogens (tertiary/aromatic N) is 5. The molecule has 0 aliphatic rings. The molecule has 0 saturated carbocycles. The zero-order valence-corrected chi connectivity index (χ0v) is 16.9. The molecule has 0 aromatic carbocycles. The van der Waals surface area contributed by atoms with Crippen molar-refractivity contribution in [3.05, 3.63) is 30.1 Å². The third-order valence-corrected chi connectivity index (χ3v) is 6.27. The quantitative estimate of drug-likeness (QED) is 0.624. The average Bonchev–Trinajstić information content (AvgIpc) is 3.02. The number of pyridine rings is 2. The first-order valence-corrected chi connectivity index (χ1v) is 10.2. The molecule has 0 unspecified atom stereocenters. The van der Waals surface area contributed by atoms with Crippen LogP contribution in [0.1, 0.15) is 12.6 Å². The van der Waals surface area contributed by atoms with Gasteiger partial charge in [-0.15, -0.1) is 0 Å². The number of aryl methyl sites for hydroxylation is 1. The number of hydrogen-bond acceptors (Lipinski definition) is 7. The van der Waals surface area contributed by atoms with E-state index in [9.17, 15) is 21.6 Å². The Bertz CT molecular complexity index is 1170. The summed E-state index contributed by atoms with van der Waals surface area (Å²) in [5.41, 5.74) is 2.20. The van der Waals surface area contributed by atoms with E-state index in [0.717, 1.165) is 12.3 Å². The van der Waals surface area contributed by atoms with Crippen LogP contribution in [0.4, 0.5) is 19.0 Å². The summed E-state index contributed by atoms with van der Waals surface area (Å²) in [5.74, 6) is 0.380. The van der Waals surface area contributed by atoms with Crippen molar-refractivity contribution in [2.45, 2.75) is 18.0 Å². The van der Waals surface area contributed by atoms with Crippen LogP contribution < -0.4 is 10.4 Å². The summed E-state index contributed by atoms with van der Waals surface area (Å²) >= 11 is 0. The first-order valence-electron chi connectivity index (χ1n) is 8.54. The Morgan fingerprint density at radius 3 is 2.52 bits per heavy atom. The van der Waals surface area contributed by atoms with E-state index in [1.54, 1.807) is 26.2 Å². The molecule has 3 aromatic rings. The predicted molar refractivity (Wildman–Crippen MR) is 102 cm³/mol. The van der Waals surface area contributed by atoms with E-state index in [1.807, 2.05) is 0 Å². The van der Waals surface area contributed by atoms with Gasteiger partial charge in [-0.3, -0.25) is 5.01 Å². The molecule has 3 aromatic heterocycles. The average molecular weight is 428 g/mol. The highest BCUT2D eigenvalue weighted by Gasteiger charge is 2.33. The number of alkyl halides is 3. The van der Waals surface area contributed by atoms with Crippen molar-refractivity contribution < 1.29 is 21.6 Å². The van der Waals surface area contributed by atoms with Crippen molar-refractivity contribution >= 4 is 26.7 Å². The summed E-state index contributed by atoms with van der Waals surface area (Å²) in [6.07, 6.45) is -3.55. The molecule has 3 heterocycles. The first-order chi connectivity index (χ1) is 13.5. The Hall–Kier alpha value is -2.73. The second kappa shape index (κ2) is 7.26. The standard InChI is InChI=1S/C17H19F3N6O2S/c1-5-29(27,28)12-6-7-14(26(4)21-2)24-15(12)16-23-10-8-13(17(18,19)20)22-9-11(10)25(16)3/h6-9,21H,5H2,1-4H3. The number of sulfone groups is 1. The number of aromatic nitrogens is 4. The molecule has 156 valence electrons. The Kier molecular flexibility index (Phi) is 5.26. The van der Waals surface area contributed by atoms with Gasteiger partial charge < -0.3 is 4.57 Å². The summed E-state index contributed by atoms with van der Waals surface area (Å²) in [5, 5.41) is 1.57. The lowest BCUT2D eigenvalue weighted by Gasteiger charge is -2.18. The van der Waals surface area contributed by atoms with Crippen molar-refractivity contribution in [1.29, 1.82) is 0 Å². The van der Waals surface area contributed by atoms with Crippen LogP contribution in [-0.2, 0) is 23.1 Å².